The topological polar surface area (TPSA) is 37.8 Å². The number of aryl methyl sites for hydroxylation is 1. The van der Waals surface area contributed by atoms with E-state index in [4.69, 9.17) is 0 Å². The highest BCUT2D eigenvalue weighted by Crippen LogP contribution is 2.22. The lowest BCUT2D eigenvalue weighted by atomic mass is 10.3. The Labute approximate surface area is 97.4 Å². The first-order valence-corrected chi connectivity index (χ1v) is 5.84. The SMILES string of the molecule is Cc1csc(C(C)Nc2ncccc2F)n1. The zero-order chi connectivity index (χ0) is 11.5. The van der Waals surface area contributed by atoms with E-state index in [-0.39, 0.29) is 17.7 Å². The lowest BCUT2D eigenvalue weighted by Gasteiger charge is -2.11. The average Bonchev–Trinajstić information content (AvgIpc) is 2.68. The molecule has 3 nitrogen and oxygen atoms in total. The summed E-state index contributed by atoms with van der Waals surface area (Å²) in [5.41, 5.74) is 0.982. The van der Waals surface area contributed by atoms with Gasteiger partial charge in [0.15, 0.2) is 11.6 Å². The van der Waals surface area contributed by atoms with E-state index in [9.17, 15) is 4.39 Å². The van der Waals surface area contributed by atoms with E-state index in [1.54, 1.807) is 23.6 Å². The summed E-state index contributed by atoms with van der Waals surface area (Å²) in [4.78, 5) is 8.28. The molecule has 1 atom stereocenters. The van der Waals surface area contributed by atoms with Crippen molar-refractivity contribution in [1.82, 2.24) is 9.97 Å². The van der Waals surface area contributed by atoms with Crippen LogP contribution in [0.2, 0.25) is 0 Å². The van der Waals surface area contributed by atoms with Crippen molar-refractivity contribution in [2.75, 3.05) is 5.32 Å². The first-order valence-electron chi connectivity index (χ1n) is 4.96. The molecule has 2 heterocycles. The second-order valence-electron chi connectivity index (χ2n) is 3.53. The zero-order valence-corrected chi connectivity index (χ0v) is 9.88. The highest BCUT2D eigenvalue weighted by atomic mass is 32.1. The fourth-order valence-electron chi connectivity index (χ4n) is 1.33. The van der Waals surface area contributed by atoms with Gasteiger partial charge in [-0.1, -0.05) is 0 Å². The molecule has 0 saturated carbocycles. The average molecular weight is 237 g/mol. The molecule has 0 spiro atoms. The monoisotopic (exact) mass is 237 g/mol. The van der Waals surface area contributed by atoms with E-state index < -0.39 is 0 Å². The number of nitrogens with zero attached hydrogens (tertiary/aromatic N) is 2. The Morgan fingerprint density at radius 2 is 2.31 bits per heavy atom. The summed E-state index contributed by atoms with van der Waals surface area (Å²) in [5, 5.41) is 5.91. The van der Waals surface area contributed by atoms with Crippen LogP contribution in [0.15, 0.2) is 23.7 Å². The Morgan fingerprint density at radius 1 is 1.50 bits per heavy atom. The van der Waals surface area contributed by atoms with Gasteiger partial charge in [0.1, 0.15) is 5.01 Å². The van der Waals surface area contributed by atoms with Crippen molar-refractivity contribution in [3.05, 3.63) is 40.2 Å². The summed E-state index contributed by atoms with van der Waals surface area (Å²) in [6.45, 7) is 3.88. The molecule has 16 heavy (non-hydrogen) atoms. The summed E-state index contributed by atoms with van der Waals surface area (Å²) in [7, 11) is 0. The van der Waals surface area contributed by atoms with Gasteiger partial charge in [0.05, 0.1) is 6.04 Å². The predicted octanol–water partition coefficient (Wildman–Crippen LogP) is 3.16. The molecule has 0 fully saturated rings. The van der Waals surface area contributed by atoms with Crippen LogP contribution in [0.4, 0.5) is 10.2 Å². The third-order valence-electron chi connectivity index (χ3n) is 2.12. The standard InChI is InChI=1S/C11H12FN3S/c1-7-6-16-11(14-7)8(2)15-10-9(12)4-3-5-13-10/h3-6,8H,1-2H3,(H,13,15). The number of thiazole rings is 1. The van der Waals surface area contributed by atoms with Crippen molar-refractivity contribution in [2.24, 2.45) is 0 Å². The van der Waals surface area contributed by atoms with Crippen molar-refractivity contribution in [3.8, 4) is 0 Å². The third-order valence-corrected chi connectivity index (χ3v) is 3.26. The lowest BCUT2D eigenvalue weighted by Crippen LogP contribution is -2.09. The number of nitrogens with one attached hydrogen (secondary N) is 1. The van der Waals surface area contributed by atoms with E-state index in [2.05, 4.69) is 15.3 Å². The molecule has 0 radical (unpaired) electrons. The van der Waals surface area contributed by atoms with Crippen LogP contribution < -0.4 is 5.32 Å². The molecular weight excluding hydrogens is 225 g/mol. The largest absolute Gasteiger partial charge is 0.359 e. The number of aromatic nitrogens is 2. The Morgan fingerprint density at radius 3 is 2.94 bits per heavy atom. The minimum atomic E-state index is -0.345. The molecule has 84 valence electrons. The van der Waals surface area contributed by atoms with Crippen molar-refractivity contribution in [3.63, 3.8) is 0 Å². The molecule has 0 saturated heterocycles. The van der Waals surface area contributed by atoms with E-state index in [0.717, 1.165) is 10.7 Å². The van der Waals surface area contributed by atoms with E-state index in [1.807, 2.05) is 19.2 Å². The summed E-state index contributed by atoms with van der Waals surface area (Å²) < 4.78 is 13.3. The summed E-state index contributed by atoms with van der Waals surface area (Å²) in [5.74, 6) is -0.0783. The second-order valence-corrected chi connectivity index (χ2v) is 4.42. The van der Waals surface area contributed by atoms with Crippen LogP contribution in [0.25, 0.3) is 0 Å². The quantitative estimate of drug-likeness (QED) is 0.891. The highest BCUT2D eigenvalue weighted by molar-refractivity contribution is 7.09. The molecule has 5 heteroatoms. The van der Waals surface area contributed by atoms with E-state index in [0.29, 0.717) is 0 Å². The van der Waals surface area contributed by atoms with Crippen molar-refractivity contribution < 1.29 is 4.39 Å². The van der Waals surface area contributed by atoms with Gasteiger partial charge in [-0.15, -0.1) is 11.3 Å². The summed E-state index contributed by atoms with van der Waals surface area (Å²) >= 11 is 1.56. The van der Waals surface area contributed by atoms with Gasteiger partial charge in [0.25, 0.3) is 0 Å². The first kappa shape index (κ1) is 11.0. The second kappa shape index (κ2) is 4.57. The maximum atomic E-state index is 13.3. The van der Waals surface area contributed by atoms with Gasteiger partial charge in [-0.3, -0.25) is 0 Å². The molecule has 0 aliphatic heterocycles. The normalized spacial score (nSPS) is 12.4. The summed E-state index contributed by atoms with van der Waals surface area (Å²) in [6, 6.07) is 2.91. The number of anilines is 1. The Kier molecular flexibility index (Phi) is 3.14. The molecule has 0 aliphatic rings. The smallest absolute Gasteiger partial charge is 0.165 e. The Balaban J connectivity index is 2.13. The van der Waals surface area contributed by atoms with Gasteiger partial charge in [-0.2, -0.15) is 0 Å². The lowest BCUT2D eigenvalue weighted by molar-refractivity contribution is 0.621. The molecule has 0 amide bonds. The zero-order valence-electron chi connectivity index (χ0n) is 9.07. The molecule has 1 N–H and O–H groups in total. The molecule has 0 bridgehead atoms. The van der Waals surface area contributed by atoms with Crippen molar-refractivity contribution in [1.29, 1.82) is 0 Å². The molecule has 0 aromatic carbocycles. The molecule has 1 unspecified atom stereocenters. The highest BCUT2D eigenvalue weighted by Gasteiger charge is 2.11. The number of hydrogen-bond acceptors (Lipinski definition) is 4. The number of pyridine rings is 1. The maximum Gasteiger partial charge on any atom is 0.165 e. The number of halogens is 1. The van der Waals surface area contributed by atoms with Gasteiger partial charge >= 0.3 is 0 Å². The van der Waals surface area contributed by atoms with Crippen LogP contribution in [0.3, 0.4) is 0 Å². The van der Waals surface area contributed by atoms with Gasteiger partial charge in [-0.05, 0) is 26.0 Å². The molecular formula is C11H12FN3S. The molecule has 2 aromatic heterocycles. The van der Waals surface area contributed by atoms with Crippen LogP contribution in [-0.4, -0.2) is 9.97 Å². The fraction of sp³-hybridized carbons (Fsp3) is 0.273. The van der Waals surface area contributed by atoms with Gasteiger partial charge < -0.3 is 5.32 Å². The molecule has 2 rings (SSSR count). The van der Waals surface area contributed by atoms with Crippen LogP contribution in [0.1, 0.15) is 23.7 Å². The van der Waals surface area contributed by atoms with Gasteiger partial charge in [0.2, 0.25) is 0 Å². The summed E-state index contributed by atoms with van der Waals surface area (Å²) in [6.07, 6.45) is 1.56. The van der Waals surface area contributed by atoms with Crippen LogP contribution in [0, 0.1) is 12.7 Å². The Hall–Kier alpha value is -1.49. The van der Waals surface area contributed by atoms with Crippen LogP contribution >= 0.6 is 11.3 Å². The van der Waals surface area contributed by atoms with Gasteiger partial charge in [0, 0.05) is 17.3 Å². The van der Waals surface area contributed by atoms with Gasteiger partial charge in [-0.25, -0.2) is 14.4 Å². The van der Waals surface area contributed by atoms with Crippen LogP contribution in [0.5, 0.6) is 0 Å². The van der Waals surface area contributed by atoms with Crippen molar-refractivity contribution >= 4 is 17.2 Å². The van der Waals surface area contributed by atoms with E-state index in [1.165, 1.54) is 6.07 Å². The minimum absolute atomic E-state index is 0.0388. The van der Waals surface area contributed by atoms with Crippen LogP contribution in [-0.2, 0) is 0 Å². The number of hydrogen-bond donors (Lipinski definition) is 1. The number of rotatable bonds is 3. The third kappa shape index (κ3) is 2.36. The Bertz CT molecular complexity index is 484. The first-order chi connectivity index (χ1) is 7.66. The van der Waals surface area contributed by atoms with E-state index >= 15 is 0 Å². The predicted molar refractivity (Wildman–Crippen MR) is 63.1 cm³/mol. The minimum Gasteiger partial charge on any atom is -0.359 e. The molecule has 2 aromatic rings. The maximum absolute atomic E-state index is 13.3. The fourth-order valence-corrected chi connectivity index (χ4v) is 2.13. The van der Waals surface area contributed by atoms with Crippen molar-refractivity contribution in [2.45, 2.75) is 19.9 Å². The molecule has 0 aliphatic carbocycles.